The van der Waals surface area contributed by atoms with E-state index in [9.17, 15) is 18.0 Å². The maximum absolute atomic E-state index is 13.0. The Morgan fingerprint density at radius 2 is 1.75 bits per heavy atom. The number of benzene rings is 2. The first-order valence-corrected chi connectivity index (χ1v) is 9.68. The van der Waals surface area contributed by atoms with Crippen LogP contribution in [0.5, 0.6) is 0 Å². The zero-order valence-electron chi connectivity index (χ0n) is 16.6. The van der Waals surface area contributed by atoms with Crippen LogP contribution in [0.15, 0.2) is 75.7 Å². The lowest BCUT2D eigenvalue weighted by Gasteiger charge is -2.07. The molecule has 3 N–H and O–H groups in total. The van der Waals surface area contributed by atoms with Gasteiger partial charge in [-0.25, -0.2) is 0 Å². The largest absolute Gasteiger partial charge is 0.454 e. The van der Waals surface area contributed by atoms with E-state index in [2.05, 4.69) is 10.5 Å². The summed E-state index contributed by atoms with van der Waals surface area (Å²) in [5, 5.41) is 6.56. The number of halogens is 3. The number of amides is 1. The second kappa shape index (κ2) is 8.62. The predicted molar refractivity (Wildman–Crippen MR) is 112 cm³/mol. The van der Waals surface area contributed by atoms with Crippen LogP contribution in [0.3, 0.4) is 0 Å². The molecule has 0 saturated carbocycles. The van der Waals surface area contributed by atoms with Crippen LogP contribution >= 0.6 is 0 Å². The lowest BCUT2D eigenvalue weighted by molar-refractivity contribution is -0.137. The van der Waals surface area contributed by atoms with Gasteiger partial charge >= 0.3 is 6.18 Å². The molecule has 164 valence electrons. The van der Waals surface area contributed by atoms with Gasteiger partial charge in [0.05, 0.1) is 5.56 Å². The molecule has 0 aliphatic rings. The molecule has 2 heterocycles. The number of nitrogens with one attached hydrogen (secondary N) is 1. The van der Waals surface area contributed by atoms with Crippen molar-refractivity contribution < 1.29 is 26.9 Å². The monoisotopic (exact) mass is 441 g/mol. The maximum atomic E-state index is 13.0. The summed E-state index contributed by atoms with van der Waals surface area (Å²) in [5.74, 6) is -0.352. The Kier molecular flexibility index (Phi) is 5.72. The van der Waals surface area contributed by atoms with Crippen molar-refractivity contribution in [2.75, 3.05) is 12.3 Å². The molecule has 0 aliphatic carbocycles. The fraction of sp³-hybridized carbons (Fsp3) is 0.130. The van der Waals surface area contributed by atoms with Gasteiger partial charge in [-0.2, -0.15) is 13.2 Å². The number of hydrogen-bond acceptors (Lipinski definition) is 5. The summed E-state index contributed by atoms with van der Waals surface area (Å²) in [6, 6.07) is 17.3. The molecule has 4 rings (SSSR count). The van der Waals surface area contributed by atoms with Gasteiger partial charge in [0.1, 0.15) is 11.3 Å². The van der Waals surface area contributed by atoms with E-state index >= 15 is 0 Å². The van der Waals surface area contributed by atoms with Gasteiger partial charge in [-0.15, -0.1) is 0 Å². The normalized spacial score (nSPS) is 11.5. The number of nitrogen functional groups attached to an aromatic ring is 1. The van der Waals surface area contributed by atoms with Gasteiger partial charge in [0, 0.05) is 12.1 Å². The van der Waals surface area contributed by atoms with E-state index < -0.39 is 17.6 Å². The third-order valence-electron chi connectivity index (χ3n) is 4.80. The Hall–Kier alpha value is -4.01. The number of rotatable bonds is 6. The summed E-state index contributed by atoms with van der Waals surface area (Å²) >= 11 is 0. The molecule has 9 heteroatoms. The first-order valence-electron chi connectivity index (χ1n) is 9.68. The van der Waals surface area contributed by atoms with E-state index in [-0.39, 0.29) is 34.2 Å². The van der Waals surface area contributed by atoms with Gasteiger partial charge in [-0.1, -0.05) is 47.6 Å². The Morgan fingerprint density at radius 1 is 1.00 bits per heavy atom. The number of furan rings is 1. The molecule has 0 radical (unpaired) electrons. The maximum Gasteiger partial charge on any atom is 0.416 e. The van der Waals surface area contributed by atoms with Crippen LogP contribution in [0.4, 0.5) is 19.1 Å². The Balaban J connectivity index is 1.53. The van der Waals surface area contributed by atoms with E-state index in [1.54, 1.807) is 0 Å². The van der Waals surface area contributed by atoms with Gasteiger partial charge in [-0.3, -0.25) is 4.79 Å². The quantitative estimate of drug-likeness (QED) is 0.430. The summed E-state index contributed by atoms with van der Waals surface area (Å²) < 4.78 is 49.6. The van der Waals surface area contributed by atoms with E-state index in [1.165, 1.54) is 24.3 Å². The van der Waals surface area contributed by atoms with Crippen molar-refractivity contribution in [1.29, 1.82) is 0 Å². The minimum atomic E-state index is -4.48. The molecule has 0 unspecified atom stereocenters. The smallest absolute Gasteiger partial charge is 0.416 e. The minimum Gasteiger partial charge on any atom is -0.454 e. The Labute approximate surface area is 180 Å². The standard InChI is InChI=1S/C23H18F3N3O3/c24-23(25,26)16-8-4-7-15(13-16)17-9-10-18(31-17)20-19(21(27)32-29-20)22(30)28-12-11-14-5-2-1-3-6-14/h1-10,13H,11-12,27H2,(H,28,30). The number of carbonyl (C=O) groups is 1. The van der Waals surface area contributed by atoms with Crippen LogP contribution in [0.2, 0.25) is 0 Å². The second-order valence-electron chi connectivity index (χ2n) is 7.00. The number of carbonyl (C=O) groups excluding carboxylic acids is 1. The molecule has 0 atom stereocenters. The molecular formula is C23H18F3N3O3. The zero-order valence-corrected chi connectivity index (χ0v) is 16.6. The number of nitrogens with zero attached hydrogens (tertiary/aromatic N) is 1. The molecule has 2 aromatic heterocycles. The molecule has 0 aliphatic heterocycles. The first kappa shape index (κ1) is 21.2. The topological polar surface area (TPSA) is 94.3 Å². The summed E-state index contributed by atoms with van der Waals surface area (Å²) in [4.78, 5) is 12.7. The number of aromatic nitrogens is 1. The van der Waals surface area contributed by atoms with Crippen molar-refractivity contribution in [3.8, 4) is 22.8 Å². The highest BCUT2D eigenvalue weighted by Gasteiger charge is 2.31. The highest BCUT2D eigenvalue weighted by atomic mass is 19.4. The van der Waals surface area contributed by atoms with Gasteiger partial charge in [0.25, 0.3) is 5.91 Å². The molecule has 2 aromatic carbocycles. The molecule has 0 bridgehead atoms. The molecular weight excluding hydrogens is 423 g/mol. The minimum absolute atomic E-state index is 0.00278. The highest BCUT2D eigenvalue weighted by Crippen LogP contribution is 2.35. The van der Waals surface area contributed by atoms with Crippen LogP contribution in [0.25, 0.3) is 22.8 Å². The SMILES string of the molecule is Nc1onc(-c2ccc(-c3cccc(C(F)(F)F)c3)o2)c1C(=O)NCCc1ccccc1. The molecule has 6 nitrogen and oxygen atoms in total. The van der Waals surface area contributed by atoms with Gasteiger partial charge in [0.15, 0.2) is 11.5 Å². The summed E-state index contributed by atoms with van der Waals surface area (Å²) in [6.45, 7) is 0.362. The van der Waals surface area contributed by atoms with Crippen LogP contribution < -0.4 is 11.1 Å². The van der Waals surface area contributed by atoms with Gasteiger partial charge in [-0.05, 0) is 36.2 Å². The van der Waals surface area contributed by atoms with Crippen molar-refractivity contribution >= 4 is 11.8 Å². The van der Waals surface area contributed by atoms with Crippen molar-refractivity contribution in [2.45, 2.75) is 12.6 Å². The third kappa shape index (κ3) is 4.51. The number of nitrogens with two attached hydrogens (primary N) is 1. The van der Waals surface area contributed by atoms with Crippen LogP contribution in [0.1, 0.15) is 21.5 Å². The van der Waals surface area contributed by atoms with Gasteiger partial charge < -0.3 is 20.0 Å². The Bertz CT molecular complexity index is 1230. The molecule has 4 aromatic rings. The second-order valence-corrected chi connectivity index (χ2v) is 7.00. The Morgan fingerprint density at radius 3 is 2.50 bits per heavy atom. The molecule has 0 fully saturated rings. The molecule has 32 heavy (non-hydrogen) atoms. The van der Waals surface area contributed by atoms with E-state index in [0.717, 1.165) is 17.7 Å². The third-order valence-corrected chi connectivity index (χ3v) is 4.80. The van der Waals surface area contributed by atoms with Crippen molar-refractivity contribution in [3.63, 3.8) is 0 Å². The lowest BCUT2D eigenvalue weighted by atomic mass is 10.1. The van der Waals surface area contributed by atoms with Crippen molar-refractivity contribution in [3.05, 3.63) is 83.4 Å². The van der Waals surface area contributed by atoms with E-state index in [4.69, 9.17) is 14.7 Å². The summed E-state index contributed by atoms with van der Waals surface area (Å²) in [6.07, 6.45) is -3.86. The molecule has 1 amide bonds. The van der Waals surface area contributed by atoms with Gasteiger partial charge in [0.2, 0.25) is 5.88 Å². The van der Waals surface area contributed by atoms with Crippen molar-refractivity contribution in [2.24, 2.45) is 0 Å². The first-order chi connectivity index (χ1) is 15.3. The fourth-order valence-corrected chi connectivity index (χ4v) is 3.21. The van der Waals surface area contributed by atoms with E-state index in [1.807, 2.05) is 30.3 Å². The van der Waals surface area contributed by atoms with Crippen LogP contribution in [-0.4, -0.2) is 17.6 Å². The summed E-state index contributed by atoms with van der Waals surface area (Å²) in [7, 11) is 0. The number of hydrogen-bond donors (Lipinski definition) is 2. The number of alkyl halides is 3. The van der Waals surface area contributed by atoms with Crippen LogP contribution in [-0.2, 0) is 12.6 Å². The average molecular weight is 441 g/mol. The van der Waals surface area contributed by atoms with Crippen LogP contribution in [0, 0.1) is 0 Å². The summed E-state index contributed by atoms with van der Waals surface area (Å²) in [5.41, 5.74) is 6.36. The lowest BCUT2D eigenvalue weighted by Crippen LogP contribution is -2.26. The van der Waals surface area contributed by atoms with E-state index in [0.29, 0.717) is 13.0 Å². The fourth-order valence-electron chi connectivity index (χ4n) is 3.21. The average Bonchev–Trinajstić information content (AvgIpc) is 3.41. The highest BCUT2D eigenvalue weighted by molar-refractivity contribution is 6.03. The molecule has 0 saturated heterocycles. The van der Waals surface area contributed by atoms with Crippen molar-refractivity contribution in [1.82, 2.24) is 10.5 Å². The number of anilines is 1. The predicted octanol–water partition coefficient (Wildman–Crippen LogP) is 5.18. The zero-order chi connectivity index (χ0) is 22.7. The molecule has 0 spiro atoms.